The Labute approximate surface area is 166 Å². The van der Waals surface area contributed by atoms with Gasteiger partial charge in [-0.25, -0.2) is 9.59 Å². The van der Waals surface area contributed by atoms with E-state index < -0.39 is 5.97 Å². The van der Waals surface area contributed by atoms with Crippen molar-refractivity contribution in [3.05, 3.63) is 88.8 Å². The maximum Gasteiger partial charge on any atom is 0.331 e. The third-order valence-corrected chi connectivity index (χ3v) is 4.77. The highest BCUT2D eigenvalue weighted by molar-refractivity contribution is 5.79. The van der Waals surface area contributed by atoms with Crippen LogP contribution in [0, 0.1) is 11.3 Å². The van der Waals surface area contributed by atoms with Gasteiger partial charge in [0.15, 0.2) is 0 Å². The predicted octanol–water partition coefficient (Wildman–Crippen LogP) is 3.48. The first-order valence-electron chi connectivity index (χ1n) is 9.02. The van der Waals surface area contributed by atoms with Crippen molar-refractivity contribution in [3.8, 4) is 22.9 Å². The summed E-state index contributed by atoms with van der Waals surface area (Å²) < 4.78 is 8.32. The highest BCUT2D eigenvalue weighted by Crippen LogP contribution is 2.23. The molecule has 1 heterocycles. The van der Waals surface area contributed by atoms with Crippen molar-refractivity contribution in [2.45, 2.75) is 6.54 Å². The van der Waals surface area contributed by atoms with Crippen molar-refractivity contribution < 1.29 is 9.53 Å². The lowest BCUT2D eigenvalue weighted by Crippen LogP contribution is -2.27. The topological polar surface area (TPSA) is 77.0 Å². The molecule has 0 bridgehead atoms. The number of carbonyl (C=O) groups excluding carboxylic acids is 1. The van der Waals surface area contributed by atoms with Gasteiger partial charge in [0.25, 0.3) is 0 Å². The van der Waals surface area contributed by atoms with Crippen LogP contribution in [0.4, 0.5) is 0 Å². The number of imidazole rings is 1. The number of hydrogen-bond acceptors (Lipinski definition) is 4. The molecule has 0 aliphatic rings. The lowest BCUT2D eigenvalue weighted by molar-refractivity contribution is -0.135. The third-order valence-electron chi connectivity index (χ3n) is 4.77. The maximum absolute atomic E-state index is 12.4. The van der Waals surface area contributed by atoms with Gasteiger partial charge in [-0.2, -0.15) is 5.26 Å². The number of rotatable bonds is 4. The van der Waals surface area contributed by atoms with Crippen molar-refractivity contribution in [2.24, 2.45) is 7.05 Å². The van der Waals surface area contributed by atoms with Gasteiger partial charge in [0.1, 0.15) is 12.3 Å². The third kappa shape index (κ3) is 3.54. The molecule has 4 aromatic rings. The van der Waals surface area contributed by atoms with Crippen molar-refractivity contribution in [1.82, 2.24) is 9.13 Å². The van der Waals surface area contributed by atoms with Crippen molar-refractivity contribution in [2.75, 3.05) is 0 Å². The van der Waals surface area contributed by atoms with Gasteiger partial charge in [0.2, 0.25) is 0 Å². The standard InChI is InChI=1S/C23H17N3O3/c1-25-20-4-2-3-5-21(20)26(23(25)28)15-22(27)29-19-12-10-18(11-13-19)17-8-6-16(14-24)7-9-17/h2-13H,15H2,1H3. The van der Waals surface area contributed by atoms with E-state index in [1.54, 1.807) is 37.4 Å². The van der Waals surface area contributed by atoms with E-state index in [0.717, 1.165) is 16.6 Å². The van der Waals surface area contributed by atoms with Crippen LogP contribution in [0.15, 0.2) is 77.6 Å². The first kappa shape index (κ1) is 18.3. The quantitative estimate of drug-likeness (QED) is 0.399. The van der Waals surface area contributed by atoms with Crippen LogP contribution in [-0.2, 0) is 18.4 Å². The van der Waals surface area contributed by atoms with Crippen LogP contribution in [0.5, 0.6) is 5.75 Å². The number of para-hydroxylation sites is 2. The number of nitrogens with zero attached hydrogens (tertiary/aromatic N) is 3. The Hall–Kier alpha value is -4.11. The molecule has 0 amide bonds. The maximum atomic E-state index is 12.4. The van der Waals surface area contributed by atoms with E-state index in [4.69, 9.17) is 10.00 Å². The van der Waals surface area contributed by atoms with E-state index in [2.05, 4.69) is 6.07 Å². The lowest BCUT2D eigenvalue weighted by Gasteiger charge is -2.07. The van der Waals surface area contributed by atoms with Crippen LogP contribution < -0.4 is 10.4 Å². The minimum Gasteiger partial charge on any atom is -0.425 e. The summed E-state index contributed by atoms with van der Waals surface area (Å²) in [4.78, 5) is 24.8. The fraction of sp³-hybridized carbons (Fsp3) is 0.0870. The zero-order valence-corrected chi connectivity index (χ0v) is 15.7. The number of nitriles is 1. The van der Waals surface area contributed by atoms with Gasteiger partial charge in [0.05, 0.1) is 22.7 Å². The van der Waals surface area contributed by atoms with Crippen molar-refractivity contribution >= 4 is 17.0 Å². The van der Waals surface area contributed by atoms with Crippen molar-refractivity contribution in [1.29, 1.82) is 5.26 Å². The molecule has 142 valence electrons. The van der Waals surface area contributed by atoms with Gasteiger partial charge in [0, 0.05) is 7.05 Å². The Bertz CT molecular complexity index is 1290. The Kier molecular flexibility index (Phi) is 4.71. The second-order valence-electron chi connectivity index (χ2n) is 6.60. The van der Waals surface area contributed by atoms with Crippen LogP contribution in [0.2, 0.25) is 0 Å². The predicted molar refractivity (Wildman–Crippen MR) is 109 cm³/mol. The molecular weight excluding hydrogens is 366 g/mol. The number of fused-ring (bicyclic) bond motifs is 1. The summed E-state index contributed by atoms with van der Waals surface area (Å²) in [7, 11) is 1.67. The number of benzene rings is 3. The molecule has 0 atom stereocenters. The van der Waals surface area contributed by atoms with E-state index in [-0.39, 0.29) is 12.2 Å². The largest absolute Gasteiger partial charge is 0.425 e. The van der Waals surface area contributed by atoms with E-state index in [1.807, 2.05) is 42.5 Å². The molecule has 4 rings (SSSR count). The number of hydrogen-bond donors (Lipinski definition) is 0. The Balaban J connectivity index is 1.50. The van der Waals surface area contributed by atoms with Crippen molar-refractivity contribution in [3.63, 3.8) is 0 Å². The van der Waals surface area contributed by atoms with Crippen LogP contribution >= 0.6 is 0 Å². The summed E-state index contributed by atoms with van der Waals surface area (Å²) in [5.41, 5.74) is 3.69. The van der Waals surface area contributed by atoms with E-state index in [9.17, 15) is 9.59 Å². The molecule has 6 heteroatoms. The summed E-state index contributed by atoms with van der Waals surface area (Å²) in [5.74, 6) is -0.116. The molecule has 0 saturated carbocycles. The fourth-order valence-electron chi connectivity index (χ4n) is 3.26. The average molecular weight is 383 g/mol. The Morgan fingerprint density at radius 3 is 2.14 bits per heavy atom. The van der Waals surface area contributed by atoms with Gasteiger partial charge in [-0.15, -0.1) is 0 Å². The van der Waals surface area contributed by atoms with Crippen LogP contribution in [0.1, 0.15) is 5.56 Å². The number of ether oxygens (including phenoxy) is 1. The molecule has 0 fully saturated rings. The monoisotopic (exact) mass is 383 g/mol. The highest BCUT2D eigenvalue weighted by atomic mass is 16.5. The summed E-state index contributed by atoms with van der Waals surface area (Å²) in [6.07, 6.45) is 0. The molecule has 0 aliphatic carbocycles. The molecule has 29 heavy (non-hydrogen) atoms. The smallest absolute Gasteiger partial charge is 0.331 e. The molecule has 0 spiro atoms. The number of esters is 1. The molecule has 0 unspecified atom stereocenters. The van der Waals surface area contributed by atoms with Gasteiger partial charge < -0.3 is 4.74 Å². The second-order valence-corrected chi connectivity index (χ2v) is 6.60. The first-order chi connectivity index (χ1) is 14.1. The molecule has 0 saturated heterocycles. The minimum atomic E-state index is -0.519. The normalized spacial score (nSPS) is 10.6. The molecule has 6 nitrogen and oxygen atoms in total. The van der Waals surface area contributed by atoms with E-state index in [1.165, 1.54) is 9.13 Å². The Morgan fingerprint density at radius 2 is 1.52 bits per heavy atom. The lowest BCUT2D eigenvalue weighted by atomic mass is 10.0. The van der Waals surface area contributed by atoms with Crippen LogP contribution in [0.3, 0.4) is 0 Å². The number of carbonyl (C=O) groups is 1. The molecule has 0 aliphatic heterocycles. The average Bonchev–Trinajstić information content (AvgIpc) is 2.99. The van der Waals surface area contributed by atoms with Crippen LogP contribution in [-0.4, -0.2) is 15.1 Å². The van der Waals surface area contributed by atoms with E-state index in [0.29, 0.717) is 16.8 Å². The number of aromatic nitrogens is 2. The second kappa shape index (κ2) is 7.49. The van der Waals surface area contributed by atoms with Gasteiger partial charge in [-0.3, -0.25) is 9.13 Å². The van der Waals surface area contributed by atoms with Crippen LogP contribution in [0.25, 0.3) is 22.2 Å². The minimum absolute atomic E-state index is 0.169. The summed E-state index contributed by atoms with van der Waals surface area (Å²) >= 11 is 0. The zero-order valence-electron chi connectivity index (χ0n) is 15.7. The van der Waals surface area contributed by atoms with E-state index >= 15 is 0 Å². The fourth-order valence-corrected chi connectivity index (χ4v) is 3.26. The van der Waals surface area contributed by atoms with Gasteiger partial charge in [-0.1, -0.05) is 36.4 Å². The van der Waals surface area contributed by atoms with Gasteiger partial charge in [-0.05, 0) is 47.5 Å². The summed E-state index contributed by atoms with van der Waals surface area (Å²) in [6.45, 7) is -0.169. The molecular formula is C23H17N3O3. The SMILES string of the molecule is Cn1c(=O)n(CC(=O)Oc2ccc(-c3ccc(C#N)cc3)cc2)c2ccccc21. The first-order valence-corrected chi connectivity index (χ1v) is 9.02. The molecule has 0 radical (unpaired) electrons. The summed E-state index contributed by atoms with van der Waals surface area (Å²) in [5, 5.41) is 8.88. The summed E-state index contributed by atoms with van der Waals surface area (Å²) in [6, 6.07) is 23.7. The Morgan fingerprint density at radius 1 is 0.931 bits per heavy atom. The number of aryl methyl sites for hydroxylation is 1. The highest BCUT2D eigenvalue weighted by Gasteiger charge is 2.14. The molecule has 1 aromatic heterocycles. The van der Waals surface area contributed by atoms with Gasteiger partial charge >= 0.3 is 11.7 Å². The molecule has 3 aromatic carbocycles. The molecule has 0 N–H and O–H groups in total. The zero-order chi connectivity index (χ0) is 20.4.